The smallest absolute Gasteiger partial charge is 0.123 e. The lowest BCUT2D eigenvalue weighted by molar-refractivity contribution is 0.107. The molecule has 0 radical (unpaired) electrons. The molecule has 0 N–H and O–H groups in total. The molecule has 1 heterocycles. The lowest BCUT2D eigenvalue weighted by Gasteiger charge is -2.16. The van der Waals surface area contributed by atoms with Crippen molar-refractivity contribution in [1.29, 1.82) is 0 Å². The standard InChI is InChI=1S/C12H15BrFNO/c1-16-11-4-5-15(8-11)7-9-6-10(14)2-3-12(9)13/h2-3,6,11H,4-5,7-8H2,1H3/t11-/m1/s1. The minimum atomic E-state index is -0.180. The van der Waals surface area contributed by atoms with Gasteiger partial charge in [0.1, 0.15) is 5.82 Å². The summed E-state index contributed by atoms with van der Waals surface area (Å²) >= 11 is 3.45. The molecule has 0 bridgehead atoms. The van der Waals surface area contributed by atoms with E-state index in [1.54, 1.807) is 19.2 Å². The van der Waals surface area contributed by atoms with Crippen molar-refractivity contribution in [2.45, 2.75) is 19.1 Å². The number of halogens is 2. The number of hydrogen-bond donors (Lipinski definition) is 0. The van der Waals surface area contributed by atoms with Crippen molar-refractivity contribution in [3.05, 3.63) is 34.1 Å². The molecule has 1 aliphatic heterocycles. The predicted molar refractivity (Wildman–Crippen MR) is 64.8 cm³/mol. The number of benzene rings is 1. The van der Waals surface area contributed by atoms with Crippen molar-refractivity contribution in [1.82, 2.24) is 4.90 Å². The largest absolute Gasteiger partial charge is 0.380 e. The van der Waals surface area contributed by atoms with Crippen LogP contribution >= 0.6 is 15.9 Å². The summed E-state index contributed by atoms with van der Waals surface area (Å²) in [6.07, 6.45) is 1.39. The fourth-order valence-corrected chi connectivity index (χ4v) is 2.41. The van der Waals surface area contributed by atoms with E-state index in [4.69, 9.17) is 4.74 Å². The van der Waals surface area contributed by atoms with Gasteiger partial charge in [-0.1, -0.05) is 15.9 Å². The fourth-order valence-electron chi connectivity index (χ4n) is 2.04. The van der Waals surface area contributed by atoms with Crippen LogP contribution in [0.1, 0.15) is 12.0 Å². The summed E-state index contributed by atoms with van der Waals surface area (Å²) in [6.45, 7) is 2.72. The van der Waals surface area contributed by atoms with Crippen LogP contribution in [0.25, 0.3) is 0 Å². The maximum absolute atomic E-state index is 13.1. The van der Waals surface area contributed by atoms with Gasteiger partial charge in [-0.15, -0.1) is 0 Å². The zero-order valence-corrected chi connectivity index (χ0v) is 10.8. The summed E-state index contributed by atoms with van der Waals surface area (Å²) in [4.78, 5) is 2.29. The maximum Gasteiger partial charge on any atom is 0.123 e. The second-order valence-corrected chi connectivity index (χ2v) is 4.97. The molecule has 1 aromatic carbocycles. The summed E-state index contributed by atoms with van der Waals surface area (Å²) in [5.74, 6) is -0.180. The minimum Gasteiger partial charge on any atom is -0.380 e. The van der Waals surface area contributed by atoms with Gasteiger partial charge in [0.05, 0.1) is 6.10 Å². The van der Waals surface area contributed by atoms with E-state index in [0.717, 1.165) is 36.1 Å². The van der Waals surface area contributed by atoms with Gasteiger partial charge in [0.15, 0.2) is 0 Å². The number of likely N-dealkylation sites (tertiary alicyclic amines) is 1. The minimum absolute atomic E-state index is 0.180. The summed E-state index contributed by atoms with van der Waals surface area (Å²) in [6, 6.07) is 4.81. The third-order valence-corrected chi connectivity index (χ3v) is 3.74. The lowest BCUT2D eigenvalue weighted by atomic mass is 10.2. The molecule has 0 amide bonds. The molecule has 0 unspecified atom stereocenters. The summed E-state index contributed by atoms with van der Waals surface area (Å²) < 4.78 is 19.4. The van der Waals surface area contributed by atoms with Crippen LogP contribution in [0.15, 0.2) is 22.7 Å². The Morgan fingerprint density at radius 2 is 2.38 bits per heavy atom. The molecule has 88 valence electrons. The van der Waals surface area contributed by atoms with Gasteiger partial charge in [0, 0.05) is 31.2 Å². The van der Waals surface area contributed by atoms with E-state index in [9.17, 15) is 4.39 Å². The van der Waals surface area contributed by atoms with Crippen LogP contribution in [0.2, 0.25) is 0 Å². The molecule has 16 heavy (non-hydrogen) atoms. The van der Waals surface area contributed by atoms with Gasteiger partial charge in [-0.25, -0.2) is 4.39 Å². The summed E-state index contributed by atoms with van der Waals surface area (Å²) in [5, 5.41) is 0. The number of ether oxygens (including phenoxy) is 1. The van der Waals surface area contributed by atoms with E-state index in [-0.39, 0.29) is 5.82 Å². The topological polar surface area (TPSA) is 12.5 Å². The molecule has 1 saturated heterocycles. The molecule has 0 aliphatic carbocycles. The Hall–Kier alpha value is -0.450. The van der Waals surface area contributed by atoms with E-state index < -0.39 is 0 Å². The zero-order valence-electron chi connectivity index (χ0n) is 9.25. The summed E-state index contributed by atoms with van der Waals surface area (Å²) in [5.41, 5.74) is 0.997. The highest BCUT2D eigenvalue weighted by molar-refractivity contribution is 9.10. The lowest BCUT2D eigenvalue weighted by Crippen LogP contribution is -2.22. The first-order valence-corrected chi connectivity index (χ1v) is 6.17. The van der Waals surface area contributed by atoms with Crippen LogP contribution in [0, 0.1) is 5.82 Å². The first kappa shape index (κ1) is 12.0. The van der Waals surface area contributed by atoms with Crippen LogP contribution in [-0.2, 0) is 11.3 Å². The highest BCUT2D eigenvalue weighted by Gasteiger charge is 2.22. The second kappa shape index (κ2) is 5.25. The Bertz CT molecular complexity index is 372. The number of methoxy groups -OCH3 is 1. The van der Waals surface area contributed by atoms with E-state index >= 15 is 0 Å². The highest BCUT2D eigenvalue weighted by Crippen LogP contribution is 2.22. The quantitative estimate of drug-likeness (QED) is 0.848. The molecule has 0 aromatic heterocycles. The average molecular weight is 288 g/mol. The molecule has 1 fully saturated rings. The number of hydrogen-bond acceptors (Lipinski definition) is 2. The van der Waals surface area contributed by atoms with Crippen LogP contribution in [0.5, 0.6) is 0 Å². The molecule has 2 rings (SSSR count). The summed E-state index contributed by atoms with van der Waals surface area (Å²) in [7, 11) is 1.74. The van der Waals surface area contributed by atoms with Crippen molar-refractivity contribution >= 4 is 15.9 Å². The van der Waals surface area contributed by atoms with Gasteiger partial charge in [-0.05, 0) is 30.2 Å². The van der Waals surface area contributed by atoms with E-state index in [2.05, 4.69) is 20.8 Å². The Kier molecular flexibility index (Phi) is 3.95. The molecule has 2 nitrogen and oxygen atoms in total. The molecule has 0 spiro atoms. The monoisotopic (exact) mass is 287 g/mol. The van der Waals surface area contributed by atoms with Crippen molar-refractivity contribution < 1.29 is 9.13 Å². The Morgan fingerprint density at radius 3 is 3.06 bits per heavy atom. The predicted octanol–water partition coefficient (Wildman–Crippen LogP) is 2.81. The third-order valence-electron chi connectivity index (χ3n) is 2.96. The fraction of sp³-hybridized carbons (Fsp3) is 0.500. The normalized spacial score (nSPS) is 21.6. The van der Waals surface area contributed by atoms with Crippen molar-refractivity contribution in [3.63, 3.8) is 0 Å². The number of rotatable bonds is 3. The Balaban J connectivity index is 2.01. The van der Waals surface area contributed by atoms with Crippen LogP contribution in [0.3, 0.4) is 0 Å². The number of nitrogens with zero attached hydrogens (tertiary/aromatic N) is 1. The van der Waals surface area contributed by atoms with Gasteiger partial charge < -0.3 is 4.74 Å². The van der Waals surface area contributed by atoms with Crippen LogP contribution in [-0.4, -0.2) is 31.2 Å². The van der Waals surface area contributed by atoms with Gasteiger partial charge in [-0.3, -0.25) is 4.90 Å². The van der Waals surface area contributed by atoms with E-state index in [1.165, 1.54) is 6.07 Å². The van der Waals surface area contributed by atoms with Gasteiger partial charge in [0.25, 0.3) is 0 Å². The van der Waals surface area contributed by atoms with Gasteiger partial charge in [-0.2, -0.15) is 0 Å². The molecule has 1 atom stereocenters. The molecule has 4 heteroatoms. The average Bonchev–Trinajstić information content (AvgIpc) is 2.71. The van der Waals surface area contributed by atoms with Crippen molar-refractivity contribution in [2.24, 2.45) is 0 Å². The van der Waals surface area contributed by atoms with Gasteiger partial charge >= 0.3 is 0 Å². The zero-order chi connectivity index (χ0) is 11.5. The Labute approximate surface area is 104 Å². The van der Waals surface area contributed by atoms with Crippen molar-refractivity contribution in [3.8, 4) is 0 Å². The van der Waals surface area contributed by atoms with E-state index in [0.29, 0.717) is 6.10 Å². The van der Waals surface area contributed by atoms with Crippen LogP contribution in [0.4, 0.5) is 4.39 Å². The molecule has 1 aromatic rings. The highest BCUT2D eigenvalue weighted by atomic mass is 79.9. The second-order valence-electron chi connectivity index (χ2n) is 4.12. The first-order valence-electron chi connectivity index (χ1n) is 5.38. The maximum atomic E-state index is 13.1. The Morgan fingerprint density at radius 1 is 1.56 bits per heavy atom. The third kappa shape index (κ3) is 2.81. The van der Waals surface area contributed by atoms with Gasteiger partial charge in [0.2, 0.25) is 0 Å². The van der Waals surface area contributed by atoms with E-state index in [1.807, 2.05) is 0 Å². The molecular formula is C12H15BrFNO. The van der Waals surface area contributed by atoms with Crippen LogP contribution < -0.4 is 0 Å². The van der Waals surface area contributed by atoms with Crippen molar-refractivity contribution in [2.75, 3.05) is 20.2 Å². The SMILES string of the molecule is CO[C@@H]1CCN(Cc2cc(F)ccc2Br)C1. The molecule has 0 saturated carbocycles. The molecule has 1 aliphatic rings. The molecular weight excluding hydrogens is 273 g/mol. The first-order chi connectivity index (χ1) is 7.69.